The maximum atomic E-state index is 13.0. The Morgan fingerprint density at radius 1 is 0.964 bits per heavy atom. The lowest BCUT2D eigenvalue weighted by atomic mass is 10.2. The molecule has 2 amide bonds. The third-order valence-corrected chi connectivity index (χ3v) is 4.55. The van der Waals surface area contributed by atoms with Crippen LogP contribution >= 0.6 is 0 Å². The van der Waals surface area contributed by atoms with E-state index in [1.807, 2.05) is 35.2 Å². The van der Waals surface area contributed by atoms with Gasteiger partial charge in [0.2, 0.25) is 5.91 Å². The summed E-state index contributed by atoms with van der Waals surface area (Å²) >= 11 is 0. The van der Waals surface area contributed by atoms with Crippen LogP contribution in [0.5, 0.6) is 5.75 Å². The number of hydrogen-bond acceptors (Lipinski definition) is 4. The molecule has 0 aromatic heterocycles. The van der Waals surface area contributed by atoms with Crippen LogP contribution in [0.3, 0.4) is 0 Å². The van der Waals surface area contributed by atoms with Gasteiger partial charge in [-0.05, 0) is 36.4 Å². The number of halogens is 1. The zero-order valence-electron chi connectivity index (χ0n) is 15.6. The molecule has 7 heteroatoms. The van der Waals surface area contributed by atoms with E-state index in [4.69, 9.17) is 4.74 Å². The van der Waals surface area contributed by atoms with Crippen LogP contribution in [0.25, 0.3) is 0 Å². The van der Waals surface area contributed by atoms with Gasteiger partial charge < -0.3 is 15.0 Å². The van der Waals surface area contributed by atoms with Crippen molar-refractivity contribution in [3.8, 4) is 5.75 Å². The van der Waals surface area contributed by atoms with Crippen molar-refractivity contribution >= 4 is 11.8 Å². The van der Waals surface area contributed by atoms with E-state index < -0.39 is 0 Å². The number of carbonyl (C=O) groups excluding carboxylic acids is 2. The Kier molecular flexibility index (Phi) is 6.97. The number of para-hydroxylation sites is 1. The first-order valence-electron chi connectivity index (χ1n) is 9.33. The zero-order chi connectivity index (χ0) is 19.8. The molecular formula is C21H24FN3O3. The molecule has 0 aliphatic carbocycles. The fourth-order valence-corrected chi connectivity index (χ4v) is 3.02. The van der Waals surface area contributed by atoms with E-state index in [0.29, 0.717) is 51.4 Å². The van der Waals surface area contributed by atoms with Gasteiger partial charge in [0.05, 0.1) is 13.1 Å². The second kappa shape index (κ2) is 9.85. The van der Waals surface area contributed by atoms with Crippen molar-refractivity contribution < 1.29 is 18.7 Å². The lowest BCUT2D eigenvalue weighted by Crippen LogP contribution is -2.51. The zero-order valence-corrected chi connectivity index (χ0v) is 15.6. The van der Waals surface area contributed by atoms with Gasteiger partial charge in [0.1, 0.15) is 18.2 Å². The Labute approximate surface area is 163 Å². The predicted octanol–water partition coefficient (Wildman–Crippen LogP) is 1.78. The van der Waals surface area contributed by atoms with Gasteiger partial charge in [-0.3, -0.25) is 14.5 Å². The molecule has 0 bridgehead atoms. The van der Waals surface area contributed by atoms with Crippen LogP contribution in [-0.4, -0.2) is 67.5 Å². The molecule has 148 valence electrons. The molecule has 1 heterocycles. The summed E-state index contributed by atoms with van der Waals surface area (Å²) in [6.07, 6.45) is 0. The fraction of sp³-hybridized carbons (Fsp3) is 0.333. The standard InChI is InChI=1S/C21H24FN3O3/c22-18-8-6-17(7-9-18)21(27)25-13-11-24(12-14-25)16-20(26)23-10-15-28-19-4-2-1-3-5-19/h1-9H,10-16H2,(H,23,26). The number of nitrogens with zero attached hydrogens (tertiary/aromatic N) is 2. The van der Waals surface area contributed by atoms with E-state index in [1.54, 1.807) is 4.90 Å². The third-order valence-electron chi connectivity index (χ3n) is 4.55. The molecule has 28 heavy (non-hydrogen) atoms. The van der Waals surface area contributed by atoms with Gasteiger partial charge in [-0.25, -0.2) is 4.39 Å². The van der Waals surface area contributed by atoms with Gasteiger partial charge in [0.25, 0.3) is 5.91 Å². The highest BCUT2D eigenvalue weighted by Gasteiger charge is 2.23. The molecule has 2 aromatic rings. The summed E-state index contributed by atoms with van der Waals surface area (Å²) in [5, 5.41) is 2.84. The number of hydrogen-bond donors (Lipinski definition) is 1. The molecule has 0 radical (unpaired) electrons. The molecule has 1 aliphatic heterocycles. The smallest absolute Gasteiger partial charge is 0.253 e. The Hall–Kier alpha value is -2.93. The molecule has 1 N–H and O–H groups in total. The number of ether oxygens (including phenoxy) is 1. The Balaban J connectivity index is 1.34. The number of rotatable bonds is 7. The number of nitrogens with one attached hydrogen (secondary N) is 1. The summed E-state index contributed by atoms with van der Waals surface area (Å²) in [6, 6.07) is 15.0. The normalized spacial score (nSPS) is 14.5. The molecule has 2 aromatic carbocycles. The number of benzene rings is 2. The van der Waals surface area contributed by atoms with Crippen LogP contribution in [-0.2, 0) is 4.79 Å². The molecule has 1 aliphatic rings. The summed E-state index contributed by atoms with van der Waals surface area (Å²) in [5.74, 6) is 0.248. The summed E-state index contributed by atoms with van der Waals surface area (Å²) < 4.78 is 18.5. The Morgan fingerprint density at radius 2 is 1.64 bits per heavy atom. The van der Waals surface area contributed by atoms with Crippen molar-refractivity contribution in [2.45, 2.75) is 0 Å². The first-order valence-corrected chi connectivity index (χ1v) is 9.33. The van der Waals surface area contributed by atoms with Crippen molar-refractivity contribution in [1.82, 2.24) is 15.1 Å². The van der Waals surface area contributed by atoms with E-state index in [1.165, 1.54) is 24.3 Å². The van der Waals surface area contributed by atoms with Crippen molar-refractivity contribution in [1.29, 1.82) is 0 Å². The summed E-state index contributed by atoms with van der Waals surface area (Å²) in [6.45, 7) is 3.49. The first kappa shape index (κ1) is 19.8. The molecule has 6 nitrogen and oxygen atoms in total. The third kappa shape index (κ3) is 5.79. The Bertz CT molecular complexity index is 775. The highest BCUT2D eigenvalue weighted by atomic mass is 19.1. The van der Waals surface area contributed by atoms with Crippen molar-refractivity contribution in [3.05, 3.63) is 66.0 Å². The minimum Gasteiger partial charge on any atom is -0.492 e. The van der Waals surface area contributed by atoms with Gasteiger partial charge in [-0.15, -0.1) is 0 Å². The van der Waals surface area contributed by atoms with E-state index in [2.05, 4.69) is 5.32 Å². The molecule has 3 rings (SSSR count). The topological polar surface area (TPSA) is 61.9 Å². The molecule has 0 spiro atoms. The SMILES string of the molecule is O=C(CN1CCN(C(=O)c2ccc(F)cc2)CC1)NCCOc1ccccc1. The number of carbonyl (C=O) groups is 2. The molecule has 1 saturated heterocycles. The minimum absolute atomic E-state index is 0.0602. The van der Waals surface area contributed by atoms with Crippen LogP contribution in [0.1, 0.15) is 10.4 Å². The van der Waals surface area contributed by atoms with Gasteiger partial charge in [0, 0.05) is 31.7 Å². The van der Waals surface area contributed by atoms with Crippen molar-refractivity contribution in [2.24, 2.45) is 0 Å². The fourth-order valence-electron chi connectivity index (χ4n) is 3.02. The summed E-state index contributed by atoms with van der Waals surface area (Å²) in [7, 11) is 0. The van der Waals surface area contributed by atoms with Crippen LogP contribution in [0, 0.1) is 5.82 Å². The van der Waals surface area contributed by atoms with Crippen molar-refractivity contribution in [3.63, 3.8) is 0 Å². The minimum atomic E-state index is -0.360. The lowest BCUT2D eigenvalue weighted by Gasteiger charge is -2.34. The maximum Gasteiger partial charge on any atom is 0.253 e. The van der Waals surface area contributed by atoms with Gasteiger partial charge in [0.15, 0.2) is 0 Å². The highest BCUT2D eigenvalue weighted by molar-refractivity contribution is 5.94. The van der Waals surface area contributed by atoms with Gasteiger partial charge >= 0.3 is 0 Å². The van der Waals surface area contributed by atoms with E-state index in [0.717, 1.165) is 5.75 Å². The number of piperazine rings is 1. The molecular weight excluding hydrogens is 361 g/mol. The monoisotopic (exact) mass is 385 g/mol. The highest BCUT2D eigenvalue weighted by Crippen LogP contribution is 2.10. The quantitative estimate of drug-likeness (QED) is 0.738. The Morgan fingerprint density at radius 3 is 2.32 bits per heavy atom. The van der Waals surface area contributed by atoms with Crippen molar-refractivity contribution in [2.75, 3.05) is 45.9 Å². The van der Waals surface area contributed by atoms with Crippen LogP contribution in [0.15, 0.2) is 54.6 Å². The average Bonchev–Trinajstić information content (AvgIpc) is 2.73. The van der Waals surface area contributed by atoms with E-state index >= 15 is 0 Å². The number of amides is 2. The lowest BCUT2D eigenvalue weighted by molar-refractivity contribution is -0.122. The average molecular weight is 385 g/mol. The summed E-state index contributed by atoms with van der Waals surface area (Å²) in [5.41, 5.74) is 0.478. The first-order chi connectivity index (χ1) is 13.6. The molecule has 0 saturated carbocycles. The van der Waals surface area contributed by atoms with Gasteiger partial charge in [-0.1, -0.05) is 18.2 Å². The van der Waals surface area contributed by atoms with Gasteiger partial charge in [-0.2, -0.15) is 0 Å². The molecule has 1 fully saturated rings. The second-order valence-corrected chi connectivity index (χ2v) is 6.59. The largest absolute Gasteiger partial charge is 0.492 e. The maximum absolute atomic E-state index is 13.0. The molecule has 0 unspecified atom stereocenters. The van der Waals surface area contributed by atoms with Crippen LogP contribution < -0.4 is 10.1 Å². The molecule has 0 atom stereocenters. The van der Waals surface area contributed by atoms with E-state index in [-0.39, 0.29) is 17.6 Å². The van der Waals surface area contributed by atoms with Crippen LogP contribution in [0.4, 0.5) is 4.39 Å². The predicted molar refractivity (Wildman–Crippen MR) is 104 cm³/mol. The van der Waals surface area contributed by atoms with Crippen LogP contribution in [0.2, 0.25) is 0 Å². The summed E-state index contributed by atoms with van der Waals surface area (Å²) in [4.78, 5) is 28.2. The van der Waals surface area contributed by atoms with E-state index in [9.17, 15) is 14.0 Å². The second-order valence-electron chi connectivity index (χ2n) is 6.59.